The zero-order chi connectivity index (χ0) is 17.9. The van der Waals surface area contributed by atoms with Crippen molar-refractivity contribution in [1.29, 1.82) is 0 Å². The summed E-state index contributed by atoms with van der Waals surface area (Å²) in [7, 11) is -3.94. The predicted octanol–water partition coefficient (Wildman–Crippen LogP) is 2.20. The van der Waals surface area contributed by atoms with E-state index in [0.717, 1.165) is 12.1 Å². The van der Waals surface area contributed by atoms with Gasteiger partial charge in [0.2, 0.25) is 10.0 Å². The highest BCUT2D eigenvalue weighted by atomic mass is 32.2. The molecule has 0 saturated heterocycles. The Kier molecular flexibility index (Phi) is 4.86. The predicted molar refractivity (Wildman–Crippen MR) is 87.0 cm³/mol. The van der Waals surface area contributed by atoms with Gasteiger partial charge in [0, 0.05) is 31.7 Å². The Morgan fingerprint density at radius 2 is 1.88 bits per heavy atom. The molecule has 6 nitrogen and oxygen atoms in total. The first-order chi connectivity index (χ1) is 12.0. The third-order valence-electron chi connectivity index (χ3n) is 3.46. The van der Waals surface area contributed by atoms with Crippen LogP contribution in [0.15, 0.2) is 59.9 Å². The molecule has 0 spiro atoms. The van der Waals surface area contributed by atoms with Gasteiger partial charge in [-0.15, -0.1) is 0 Å². The molecule has 9 heteroatoms. The number of pyridine rings is 1. The number of hydrogen-bond acceptors (Lipinski definition) is 4. The highest BCUT2D eigenvalue weighted by molar-refractivity contribution is 7.89. The number of benzene rings is 1. The molecule has 1 N–H and O–H groups in total. The largest absolute Gasteiger partial charge is 0.328 e. The number of nitrogens with zero attached hydrogens (tertiary/aromatic N) is 3. The maximum atomic E-state index is 13.2. The lowest BCUT2D eigenvalue weighted by Gasteiger charge is -2.10. The molecule has 0 bridgehead atoms. The van der Waals surface area contributed by atoms with Crippen LogP contribution in [0.3, 0.4) is 0 Å². The van der Waals surface area contributed by atoms with E-state index in [2.05, 4.69) is 14.7 Å². The van der Waals surface area contributed by atoms with Gasteiger partial charge >= 0.3 is 0 Å². The number of rotatable bonds is 6. The van der Waals surface area contributed by atoms with E-state index in [1.165, 1.54) is 0 Å². The third kappa shape index (κ3) is 3.89. The normalized spacial score (nSPS) is 11.6. The molecule has 0 amide bonds. The molecule has 0 fully saturated rings. The van der Waals surface area contributed by atoms with Crippen LogP contribution in [0.4, 0.5) is 8.78 Å². The van der Waals surface area contributed by atoms with Crippen molar-refractivity contribution in [2.45, 2.75) is 11.4 Å². The summed E-state index contributed by atoms with van der Waals surface area (Å²) in [6.07, 6.45) is 4.93. The number of sulfonamides is 1. The Morgan fingerprint density at radius 1 is 1.04 bits per heavy atom. The maximum Gasteiger partial charge on any atom is 0.240 e. The van der Waals surface area contributed by atoms with Gasteiger partial charge in [-0.1, -0.05) is 6.07 Å². The quantitative estimate of drug-likeness (QED) is 0.727. The summed E-state index contributed by atoms with van der Waals surface area (Å²) in [6, 6.07) is 7.84. The van der Waals surface area contributed by atoms with Crippen LogP contribution in [0.25, 0.3) is 11.5 Å². The van der Waals surface area contributed by atoms with Gasteiger partial charge in [0.15, 0.2) is 17.5 Å². The Labute approximate surface area is 143 Å². The summed E-state index contributed by atoms with van der Waals surface area (Å²) in [5.74, 6) is -1.71. The van der Waals surface area contributed by atoms with Crippen molar-refractivity contribution in [2.24, 2.45) is 0 Å². The first-order valence-corrected chi connectivity index (χ1v) is 8.83. The van der Waals surface area contributed by atoms with Gasteiger partial charge in [-0.3, -0.25) is 4.98 Å². The van der Waals surface area contributed by atoms with Crippen LogP contribution in [-0.2, 0) is 16.6 Å². The van der Waals surface area contributed by atoms with Crippen LogP contribution in [0.5, 0.6) is 0 Å². The molecule has 0 unspecified atom stereocenters. The first-order valence-electron chi connectivity index (χ1n) is 7.34. The summed E-state index contributed by atoms with van der Waals surface area (Å²) >= 11 is 0. The van der Waals surface area contributed by atoms with Gasteiger partial charge < -0.3 is 4.57 Å². The molecule has 0 aliphatic heterocycles. The molecule has 0 radical (unpaired) electrons. The van der Waals surface area contributed by atoms with Crippen LogP contribution in [0.1, 0.15) is 0 Å². The summed E-state index contributed by atoms with van der Waals surface area (Å²) in [5, 5.41) is 0. The van der Waals surface area contributed by atoms with E-state index < -0.39 is 21.7 Å². The van der Waals surface area contributed by atoms with Gasteiger partial charge in [0.05, 0.1) is 4.90 Å². The smallest absolute Gasteiger partial charge is 0.240 e. The van der Waals surface area contributed by atoms with E-state index >= 15 is 0 Å². The van der Waals surface area contributed by atoms with Gasteiger partial charge in [-0.2, -0.15) is 0 Å². The third-order valence-corrected chi connectivity index (χ3v) is 4.91. The van der Waals surface area contributed by atoms with Gasteiger partial charge in [-0.25, -0.2) is 26.9 Å². The SMILES string of the molecule is O=S(=O)(NCCn1ccnc1-c1ccccn1)c1ccc(F)c(F)c1. The fourth-order valence-corrected chi connectivity index (χ4v) is 3.28. The second kappa shape index (κ2) is 7.08. The molecule has 0 saturated carbocycles. The highest BCUT2D eigenvalue weighted by Crippen LogP contribution is 2.15. The lowest BCUT2D eigenvalue weighted by molar-refractivity contribution is 0.504. The number of halogens is 2. The van der Waals surface area contributed by atoms with Crippen LogP contribution in [0.2, 0.25) is 0 Å². The second-order valence-electron chi connectivity index (χ2n) is 5.13. The molecule has 2 aromatic heterocycles. The number of imidazole rings is 1. The average Bonchev–Trinajstić information content (AvgIpc) is 3.06. The lowest BCUT2D eigenvalue weighted by atomic mass is 10.3. The van der Waals surface area contributed by atoms with E-state index in [4.69, 9.17) is 0 Å². The fourth-order valence-electron chi connectivity index (χ4n) is 2.25. The summed E-state index contributed by atoms with van der Waals surface area (Å²) in [5.41, 5.74) is 0.663. The van der Waals surface area contributed by atoms with E-state index in [9.17, 15) is 17.2 Å². The molecule has 25 heavy (non-hydrogen) atoms. The number of nitrogens with one attached hydrogen (secondary N) is 1. The molecule has 3 rings (SSSR count). The van der Waals surface area contributed by atoms with Crippen molar-refractivity contribution in [3.8, 4) is 11.5 Å². The average molecular weight is 364 g/mol. The molecule has 2 heterocycles. The number of hydrogen-bond donors (Lipinski definition) is 1. The maximum absolute atomic E-state index is 13.2. The molecule has 3 aromatic rings. The Balaban J connectivity index is 1.69. The second-order valence-corrected chi connectivity index (χ2v) is 6.90. The monoisotopic (exact) mass is 364 g/mol. The minimum absolute atomic E-state index is 0.0531. The zero-order valence-electron chi connectivity index (χ0n) is 12.9. The minimum atomic E-state index is -3.94. The van der Waals surface area contributed by atoms with Crippen LogP contribution in [-0.4, -0.2) is 29.5 Å². The molecule has 0 atom stereocenters. The van der Waals surface area contributed by atoms with Crippen molar-refractivity contribution in [1.82, 2.24) is 19.3 Å². The van der Waals surface area contributed by atoms with Crippen molar-refractivity contribution in [3.05, 3.63) is 66.6 Å². The topological polar surface area (TPSA) is 76.9 Å². The minimum Gasteiger partial charge on any atom is -0.328 e. The van der Waals surface area contributed by atoms with E-state index in [1.54, 1.807) is 35.3 Å². The molecule has 1 aromatic carbocycles. The molecular formula is C16H14F2N4O2S. The lowest BCUT2D eigenvalue weighted by Crippen LogP contribution is -2.27. The summed E-state index contributed by atoms with van der Waals surface area (Å²) < 4.78 is 54.5. The van der Waals surface area contributed by atoms with Crippen LogP contribution >= 0.6 is 0 Å². The van der Waals surface area contributed by atoms with E-state index in [1.807, 2.05) is 6.07 Å². The molecular weight excluding hydrogens is 350 g/mol. The van der Waals surface area contributed by atoms with Gasteiger partial charge in [-0.05, 0) is 30.3 Å². The Bertz CT molecular complexity index is 975. The van der Waals surface area contributed by atoms with Gasteiger partial charge in [0.1, 0.15) is 5.69 Å². The standard InChI is InChI=1S/C16H14F2N4O2S/c17-13-5-4-12(11-14(13)18)25(23,24)21-8-10-22-9-7-20-16(22)15-3-1-2-6-19-15/h1-7,9,11,21H,8,10H2. The van der Waals surface area contributed by atoms with E-state index in [0.29, 0.717) is 24.1 Å². The van der Waals surface area contributed by atoms with Crippen LogP contribution in [0, 0.1) is 11.6 Å². The molecule has 0 aliphatic carbocycles. The van der Waals surface area contributed by atoms with Crippen molar-refractivity contribution in [3.63, 3.8) is 0 Å². The van der Waals surface area contributed by atoms with Gasteiger partial charge in [0.25, 0.3) is 0 Å². The molecule has 130 valence electrons. The Morgan fingerprint density at radius 3 is 2.60 bits per heavy atom. The van der Waals surface area contributed by atoms with E-state index in [-0.39, 0.29) is 11.4 Å². The first kappa shape index (κ1) is 17.2. The fraction of sp³-hybridized carbons (Fsp3) is 0.125. The highest BCUT2D eigenvalue weighted by Gasteiger charge is 2.16. The number of aromatic nitrogens is 3. The van der Waals surface area contributed by atoms with Crippen molar-refractivity contribution in [2.75, 3.05) is 6.54 Å². The summed E-state index contributed by atoms with van der Waals surface area (Å²) in [4.78, 5) is 8.09. The zero-order valence-corrected chi connectivity index (χ0v) is 13.7. The molecule has 0 aliphatic rings. The van der Waals surface area contributed by atoms with Crippen molar-refractivity contribution < 1.29 is 17.2 Å². The summed E-state index contributed by atoms with van der Waals surface area (Å²) in [6.45, 7) is 0.354. The van der Waals surface area contributed by atoms with Crippen LogP contribution < -0.4 is 4.72 Å². The Hall–Kier alpha value is -2.65. The van der Waals surface area contributed by atoms with Crippen molar-refractivity contribution >= 4 is 10.0 Å².